The molecule has 0 spiro atoms. The van der Waals surface area contributed by atoms with Crippen molar-refractivity contribution in [3.8, 4) is 0 Å². The lowest BCUT2D eigenvalue weighted by molar-refractivity contribution is -0.144. The summed E-state index contributed by atoms with van der Waals surface area (Å²) in [7, 11) is 0. The van der Waals surface area contributed by atoms with Crippen molar-refractivity contribution >= 4 is 23.4 Å². The number of hydrazone groups is 1. The Balaban J connectivity index is 1.51. The topological polar surface area (TPSA) is 82.1 Å². The zero-order valence-electron chi connectivity index (χ0n) is 15.0. The molecule has 0 saturated carbocycles. The number of piperidine rings is 2. The quantitative estimate of drug-likeness (QED) is 0.812. The van der Waals surface area contributed by atoms with Gasteiger partial charge in [0.2, 0.25) is 17.7 Å². The van der Waals surface area contributed by atoms with E-state index in [2.05, 4.69) is 22.4 Å². The van der Waals surface area contributed by atoms with Gasteiger partial charge in [0.05, 0.1) is 0 Å². The summed E-state index contributed by atoms with van der Waals surface area (Å²) in [4.78, 5) is 39.8. The molecular formula is C18H28N4O3. The van der Waals surface area contributed by atoms with Crippen LogP contribution in [0.15, 0.2) is 5.10 Å². The Morgan fingerprint density at radius 1 is 1.24 bits per heavy atom. The van der Waals surface area contributed by atoms with Crippen molar-refractivity contribution in [3.05, 3.63) is 0 Å². The van der Waals surface area contributed by atoms with Gasteiger partial charge in [-0.15, -0.1) is 0 Å². The minimum Gasteiger partial charge on any atom is -0.342 e. The highest BCUT2D eigenvalue weighted by Gasteiger charge is 2.39. The van der Waals surface area contributed by atoms with E-state index in [9.17, 15) is 14.4 Å². The number of rotatable bonds is 5. The Hall–Kier alpha value is -1.92. The molecule has 7 nitrogen and oxygen atoms in total. The average molecular weight is 348 g/mol. The molecule has 25 heavy (non-hydrogen) atoms. The van der Waals surface area contributed by atoms with Gasteiger partial charge in [-0.25, -0.2) is 5.43 Å². The van der Waals surface area contributed by atoms with Crippen LogP contribution in [-0.4, -0.2) is 58.9 Å². The van der Waals surface area contributed by atoms with Crippen LogP contribution >= 0.6 is 0 Å². The van der Waals surface area contributed by atoms with Gasteiger partial charge in [-0.2, -0.15) is 5.10 Å². The lowest BCUT2D eigenvalue weighted by Crippen LogP contribution is -2.57. The predicted octanol–water partition coefficient (Wildman–Crippen LogP) is 1.28. The van der Waals surface area contributed by atoms with Crippen LogP contribution in [0.4, 0.5) is 0 Å². The van der Waals surface area contributed by atoms with Crippen molar-refractivity contribution in [1.29, 1.82) is 0 Å². The highest BCUT2D eigenvalue weighted by atomic mass is 16.2. The summed E-state index contributed by atoms with van der Waals surface area (Å²) in [5.41, 5.74) is 3.38. The summed E-state index contributed by atoms with van der Waals surface area (Å²) in [6.45, 7) is 4.43. The molecule has 0 bridgehead atoms. The Morgan fingerprint density at radius 2 is 2.08 bits per heavy atom. The summed E-state index contributed by atoms with van der Waals surface area (Å²) >= 11 is 0. The second kappa shape index (κ2) is 7.97. The first-order chi connectivity index (χ1) is 12.1. The number of likely N-dealkylation sites (tertiary alicyclic amines) is 2. The van der Waals surface area contributed by atoms with E-state index >= 15 is 0 Å². The number of nitrogens with zero attached hydrogens (tertiary/aromatic N) is 3. The first kappa shape index (κ1) is 17.9. The Bertz CT molecular complexity index is 575. The minimum atomic E-state index is -0.0550. The third-order valence-electron chi connectivity index (χ3n) is 5.57. The third-order valence-corrected chi connectivity index (χ3v) is 5.57. The first-order valence-electron chi connectivity index (χ1n) is 9.50. The molecule has 0 aromatic heterocycles. The molecule has 3 aliphatic heterocycles. The number of carbonyl (C=O) groups is 3. The summed E-state index contributed by atoms with van der Waals surface area (Å²) in [5.74, 6) is 0.797. The van der Waals surface area contributed by atoms with E-state index in [1.54, 1.807) is 0 Å². The molecule has 138 valence electrons. The molecule has 0 radical (unpaired) electrons. The van der Waals surface area contributed by atoms with Crippen LogP contribution in [0, 0.1) is 5.92 Å². The number of nitrogens with one attached hydrogen (secondary N) is 1. The normalized spacial score (nSPS) is 26.8. The van der Waals surface area contributed by atoms with Crippen molar-refractivity contribution in [2.45, 2.75) is 64.3 Å². The lowest BCUT2D eigenvalue weighted by Gasteiger charge is -2.47. The van der Waals surface area contributed by atoms with Crippen LogP contribution < -0.4 is 5.43 Å². The van der Waals surface area contributed by atoms with Crippen LogP contribution in [0.5, 0.6) is 0 Å². The van der Waals surface area contributed by atoms with Gasteiger partial charge in [0, 0.05) is 50.7 Å². The second-order valence-electron chi connectivity index (χ2n) is 7.29. The van der Waals surface area contributed by atoms with Crippen molar-refractivity contribution in [1.82, 2.24) is 15.2 Å². The molecule has 2 atom stereocenters. The molecule has 3 rings (SSSR count). The molecule has 0 aromatic carbocycles. The maximum absolute atomic E-state index is 12.6. The average Bonchev–Trinajstić information content (AvgIpc) is 2.63. The number of amides is 3. The Morgan fingerprint density at radius 3 is 2.80 bits per heavy atom. The first-order valence-corrected chi connectivity index (χ1v) is 9.50. The van der Waals surface area contributed by atoms with E-state index in [1.165, 1.54) is 0 Å². The van der Waals surface area contributed by atoms with Crippen molar-refractivity contribution in [2.75, 3.05) is 19.6 Å². The summed E-state index contributed by atoms with van der Waals surface area (Å²) < 4.78 is 0. The summed E-state index contributed by atoms with van der Waals surface area (Å²) in [5, 5.41) is 4.03. The molecule has 3 amide bonds. The predicted molar refractivity (Wildman–Crippen MR) is 93.8 cm³/mol. The van der Waals surface area contributed by atoms with Gasteiger partial charge in [-0.1, -0.05) is 6.92 Å². The minimum absolute atomic E-state index is 0.0550. The Kier molecular flexibility index (Phi) is 5.71. The highest BCUT2D eigenvalue weighted by molar-refractivity contribution is 5.94. The molecule has 0 aromatic rings. The Labute approximate surface area is 148 Å². The van der Waals surface area contributed by atoms with Crippen molar-refractivity contribution in [2.24, 2.45) is 11.0 Å². The van der Waals surface area contributed by atoms with Crippen LogP contribution in [0.25, 0.3) is 0 Å². The van der Waals surface area contributed by atoms with E-state index in [4.69, 9.17) is 0 Å². The van der Waals surface area contributed by atoms with Crippen LogP contribution in [0.2, 0.25) is 0 Å². The lowest BCUT2D eigenvalue weighted by atomic mass is 9.83. The summed E-state index contributed by atoms with van der Waals surface area (Å²) in [6.07, 6.45) is 5.55. The van der Waals surface area contributed by atoms with Gasteiger partial charge >= 0.3 is 0 Å². The van der Waals surface area contributed by atoms with Crippen molar-refractivity contribution in [3.63, 3.8) is 0 Å². The molecule has 2 saturated heterocycles. The second-order valence-corrected chi connectivity index (χ2v) is 7.29. The zero-order chi connectivity index (χ0) is 17.8. The molecule has 0 unspecified atom stereocenters. The standard InChI is InChI=1S/C18H28N4O3/c1-2-10-22-15-9-11-21(12-13(15)3-7-18(22)25)17(24)8-5-14-4-6-16(23)20-19-14/h13,15H,2-12H2,1H3,(H,20,23)/t13-,15+/m0/s1. The monoisotopic (exact) mass is 348 g/mol. The highest BCUT2D eigenvalue weighted by Crippen LogP contribution is 2.31. The van der Waals surface area contributed by atoms with Gasteiger partial charge in [-0.05, 0) is 38.0 Å². The van der Waals surface area contributed by atoms with Crippen LogP contribution in [0.3, 0.4) is 0 Å². The van der Waals surface area contributed by atoms with E-state index in [0.29, 0.717) is 44.1 Å². The number of hydrogen-bond acceptors (Lipinski definition) is 4. The van der Waals surface area contributed by atoms with Gasteiger partial charge in [0.15, 0.2) is 0 Å². The molecular weight excluding hydrogens is 320 g/mol. The molecule has 3 heterocycles. The van der Waals surface area contributed by atoms with E-state index < -0.39 is 0 Å². The third kappa shape index (κ3) is 4.19. The fourth-order valence-electron chi connectivity index (χ4n) is 4.21. The van der Waals surface area contributed by atoms with E-state index in [1.807, 2.05) is 4.90 Å². The molecule has 3 aliphatic rings. The smallest absolute Gasteiger partial charge is 0.240 e. The fourth-order valence-corrected chi connectivity index (χ4v) is 4.21. The van der Waals surface area contributed by atoms with Gasteiger partial charge < -0.3 is 9.80 Å². The SMILES string of the molecule is CCCN1C(=O)CC[C@H]2CN(C(=O)CCC3=NNC(=O)CC3)CC[C@H]21. The van der Waals surface area contributed by atoms with Gasteiger partial charge in [-0.3, -0.25) is 14.4 Å². The molecule has 2 fully saturated rings. The number of hydrogen-bond donors (Lipinski definition) is 1. The van der Waals surface area contributed by atoms with E-state index in [0.717, 1.165) is 44.6 Å². The zero-order valence-corrected chi connectivity index (χ0v) is 15.0. The molecule has 1 N–H and O–H groups in total. The van der Waals surface area contributed by atoms with Crippen LogP contribution in [0.1, 0.15) is 58.3 Å². The maximum atomic E-state index is 12.6. The largest absolute Gasteiger partial charge is 0.342 e. The van der Waals surface area contributed by atoms with Gasteiger partial charge in [0.1, 0.15) is 0 Å². The molecule has 7 heteroatoms. The van der Waals surface area contributed by atoms with Gasteiger partial charge in [0.25, 0.3) is 0 Å². The van der Waals surface area contributed by atoms with Crippen molar-refractivity contribution < 1.29 is 14.4 Å². The summed E-state index contributed by atoms with van der Waals surface area (Å²) in [6, 6.07) is 0.309. The number of carbonyl (C=O) groups excluding carboxylic acids is 3. The molecule has 0 aliphatic carbocycles. The fraction of sp³-hybridized carbons (Fsp3) is 0.778. The van der Waals surface area contributed by atoms with E-state index in [-0.39, 0.29) is 17.7 Å². The van der Waals surface area contributed by atoms with Crippen LogP contribution in [-0.2, 0) is 14.4 Å². The maximum Gasteiger partial charge on any atom is 0.240 e. The number of fused-ring (bicyclic) bond motifs is 1.